The lowest BCUT2D eigenvalue weighted by molar-refractivity contribution is -0.226. The van der Waals surface area contributed by atoms with Gasteiger partial charge in [0.05, 0.1) is 54.5 Å². The van der Waals surface area contributed by atoms with Crippen LogP contribution in [-0.2, 0) is 9.53 Å². The molecule has 2 atom stereocenters. The fourth-order valence-corrected chi connectivity index (χ4v) is 6.88. The van der Waals surface area contributed by atoms with E-state index in [1.165, 1.54) is 10.7 Å². The predicted molar refractivity (Wildman–Crippen MR) is 132 cm³/mol. The maximum Gasteiger partial charge on any atom is 0.276 e. The van der Waals surface area contributed by atoms with Gasteiger partial charge in [0, 0.05) is 19.4 Å². The summed E-state index contributed by atoms with van der Waals surface area (Å²) >= 11 is 0. The van der Waals surface area contributed by atoms with E-state index < -0.39 is 35.0 Å². The number of ether oxygens (including phenoxy) is 1. The molecule has 0 aromatic carbocycles. The van der Waals surface area contributed by atoms with Crippen LogP contribution in [0.25, 0.3) is 5.78 Å². The number of aromatic nitrogens is 6. The zero-order chi connectivity index (χ0) is 28.6. The third-order valence-electron chi connectivity index (χ3n) is 9.09. The first-order valence-electron chi connectivity index (χ1n) is 13.8. The summed E-state index contributed by atoms with van der Waals surface area (Å²) in [5.41, 5.74) is -0.619. The number of imidazole rings is 1. The van der Waals surface area contributed by atoms with Gasteiger partial charge in [0.25, 0.3) is 11.7 Å². The van der Waals surface area contributed by atoms with E-state index in [9.17, 15) is 22.8 Å². The molecule has 0 spiro atoms. The summed E-state index contributed by atoms with van der Waals surface area (Å²) in [6, 6.07) is -1.22. The van der Waals surface area contributed by atoms with E-state index in [0.717, 1.165) is 0 Å². The molecule has 8 rings (SSSR count). The molecule has 12 nitrogen and oxygen atoms in total. The molecule has 5 fully saturated rings. The van der Waals surface area contributed by atoms with E-state index in [4.69, 9.17) is 4.74 Å². The molecule has 41 heavy (non-hydrogen) atoms. The minimum Gasteiger partial charge on any atom is -0.377 e. The molecule has 3 aromatic heterocycles. The van der Waals surface area contributed by atoms with Crippen molar-refractivity contribution in [3.63, 3.8) is 0 Å². The highest BCUT2D eigenvalue weighted by Gasteiger charge is 2.73. The predicted octanol–water partition coefficient (Wildman–Crippen LogP) is 2.90. The largest absolute Gasteiger partial charge is 0.377 e. The first-order valence-corrected chi connectivity index (χ1v) is 13.8. The van der Waals surface area contributed by atoms with E-state index in [1.807, 2.05) is 0 Å². The van der Waals surface area contributed by atoms with Gasteiger partial charge >= 0.3 is 0 Å². The Hall–Kier alpha value is -3.62. The molecule has 0 unspecified atom stereocenters. The third kappa shape index (κ3) is 4.44. The van der Waals surface area contributed by atoms with Gasteiger partial charge in [-0.05, 0) is 50.1 Å². The van der Waals surface area contributed by atoms with E-state index in [-0.39, 0.29) is 74.8 Å². The lowest BCUT2D eigenvalue weighted by atomic mass is 9.42. The highest BCUT2D eigenvalue weighted by molar-refractivity contribution is 5.93. The van der Waals surface area contributed by atoms with E-state index in [2.05, 4.69) is 35.3 Å². The number of fused-ring (bicyclic) bond motifs is 1. The van der Waals surface area contributed by atoms with Crippen molar-refractivity contribution in [1.82, 2.24) is 40.1 Å². The van der Waals surface area contributed by atoms with Gasteiger partial charge in [-0.25, -0.2) is 32.3 Å². The number of carbonyl (C=O) groups is 2. The summed E-state index contributed by atoms with van der Waals surface area (Å²) in [7, 11) is 0. The van der Waals surface area contributed by atoms with Crippen LogP contribution < -0.4 is 5.32 Å². The zero-order valence-electron chi connectivity index (χ0n) is 22.4. The summed E-state index contributed by atoms with van der Waals surface area (Å²) in [6.07, 6.45) is 3.73. The molecule has 4 aliphatic carbocycles. The van der Waals surface area contributed by atoms with Crippen molar-refractivity contribution < 1.29 is 32.1 Å². The Labute approximate surface area is 232 Å². The lowest BCUT2D eigenvalue weighted by Crippen LogP contribution is -2.71. The van der Waals surface area contributed by atoms with E-state index in [1.54, 1.807) is 18.0 Å². The maximum atomic E-state index is 14.2. The normalized spacial score (nSPS) is 30.0. The van der Waals surface area contributed by atoms with Crippen molar-refractivity contribution in [3.8, 4) is 0 Å². The fraction of sp³-hybridized carbons (Fsp3) is 0.654. The number of carbonyl (C=O) groups excluding carboxylic acids is 2. The van der Waals surface area contributed by atoms with Crippen LogP contribution >= 0.6 is 0 Å². The van der Waals surface area contributed by atoms with Gasteiger partial charge in [-0.2, -0.15) is 5.10 Å². The van der Waals surface area contributed by atoms with Crippen LogP contribution in [0.3, 0.4) is 0 Å². The van der Waals surface area contributed by atoms with Gasteiger partial charge in [0.15, 0.2) is 5.69 Å². The number of rotatable bonds is 6. The second-order valence-corrected chi connectivity index (χ2v) is 12.0. The number of nitrogens with zero attached hydrogens (tertiary/aromatic N) is 7. The number of hydrogen-bond acceptors (Lipinski definition) is 9. The van der Waals surface area contributed by atoms with Crippen LogP contribution in [0.1, 0.15) is 84.6 Å². The topological polar surface area (TPSA) is 141 Å². The Morgan fingerprint density at radius 3 is 2.56 bits per heavy atom. The van der Waals surface area contributed by atoms with Crippen molar-refractivity contribution in [2.45, 2.75) is 75.5 Å². The maximum absolute atomic E-state index is 14.2. The monoisotopic (exact) mass is 574 g/mol. The first kappa shape index (κ1) is 26.3. The number of hydrogen-bond donors (Lipinski definition) is 1. The van der Waals surface area contributed by atoms with Gasteiger partial charge in [-0.1, -0.05) is 5.16 Å². The molecule has 0 radical (unpaired) electrons. The van der Waals surface area contributed by atoms with Gasteiger partial charge < -0.3 is 15.0 Å². The summed E-state index contributed by atoms with van der Waals surface area (Å²) in [5.74, 6) is -3.46. The number of nitrogens with one attached hydrogen (secondary N) is 1. The van der Waals surface area contributed by atoms with Crippen LogP contribution in [0.15, 0.2) is 17.0 Å². The molecular weight excluding hydrogens is 545 g/mol. The second kappa shape index (κ2) is 9.19. The molecule has 2 amide bonds. The number of alkyl halides is 3. The number of amides is 2. The lowest BCUT2D eigenvalue weighted by Gasteiger charge is -2.65. The standard InChI is InChI=1S/C26H29F3N8O4/c1-14-19(35-41-34-14)21(38)33-20(15-2-4-26(28,29)5-3-15)17-9-37-23(32-17)31-16(8-30-37)18-10-40-7-6-36(18)22(39)24-11-25(27,12-24)13-24/h8-9,15,18,20H,2-7,10-13H2,1H3,(H,33,38)/t18-,20-,24?,25?/m0/s1. The summed E-state index contributed by atoms with van der Waals surface area (Å²) in [5, 5.41) is 14.6. The Balaban J connectivity index is 1.17. The highest BCUT2D eigenvalue weighted by Crippen LogP contribution is 2.70. The average molecular weight is 575 g/mol. The molecule has 5 aliphatic rings. The van der Waals surface area contributed by atoms with Crippen LogP contribution in [0.4, 0.5) is 13.2 Å². The molecular formula is C26H29F3N8O4. The van der Waals surface area contributed by atoms with E-state index >= 15 is 0 Å². The van der Waals surface area contributed by atoms with Gasteiger partial charge in [0.2, 0.25) is 11.8 Å². The molecule has 4 heterocycles. The Bertz CT molecular complexity index is 1500. The summed E-state index contributed by atoms with van der Waals surface area (Å²) in [6.45, 7) is 2.55. The summed E-state index contributed by atoms with van der Waals surface area (Å²) < 4.78 is 53.8. The molecule has 1 aliphatic heterocycles. The van der Waals surface area contributed by atoms with Crippen LogP contribution in [-0.4, -0.2) is 78.0 Å². The van der Waals surface area contributed by atoms with E-state index in [0.29, 0.717) is 30.2 Å². The molecule has 1 saturated heterocycles. The smallest absolute Gasteiger partial charge is 0.276 e. The quantitative estimate of drug-likeness (QED) is 0.471. The first-order chi connectivity index (χ1) is 19.5. The van der Waals surface area contributed by atoms with Gasteiger partial charge in [-0.15, -0.1) is 0 Å². The molecule has 3 aromatic rings. The van der Waals surface area contributed by atoms with Gasteiger partial charge in [0.1, 0.15) is 11.4 Å². The number of halogens is 3. The van der Waals surface area contributed by atoms with Crippen LogP contribution in [0, 0.1) is 18.3 Å². The van der Waals surface area contributed by atoms with Crippen LogP contribution in [0.5, 0.6) is 0 Å². The Kier molecular flexibility index (Phi) is 5.89. The highest BCUT2D eigenvalue weighted by atomic mass is 19.3. The van der Waals surface area contributed by atoms with Crippen molar-refractivity contribution in [1.29, 1.82) is 0 Å². The van der Waals surface area contributed by atoms with Crippen molar-refractivity contribution >= 4 is 17.6 Å². The number of morpholine rings is 1. The Morgan fingerprint density at radius 2 is 1.88 bits per heavy atom. The average Bonchev–Trinajstić information content (AvgIpc) is 3.54. The molecule has 2 bridgehead atoms. The van der Waals surface area contributed by atoms with Crippen molar-refractivity contribution in [2.24, 2.45) is 11.3 Å². The third-order valence-corrected chi connectivity index (χ3v) is 9.09. The zero-order valence-corrected chi connectivity index (χ0v) is 22.4. The SMILES string of the molecule is Cc1nonc1C(=O)N[C@H](c1cn2ncc([C@@H]3COCCN3C(=O)C34CC(F)(C3)C4)nc2n1)C1CCC(F)(F)CC1. The fourth-order valence-electron chi connectivity index (χ4n) is 6.88. The van der Waals surface area contributed by atoms with Crippen molar-refractivity contribution in [2.75, 3.05) is 19.8 Å². The second-order valence-electron chi connectivity index (χ2n) is 12.0. The number of aryl methyl sites for hydroxylation is 1. The molecule has 4 saturated carbocycles. The molecule has 218 valence electrons. The van der Waals surface area contributed by atoms with Crippen molar-refractivity contribution in [3.05, 3.63) is 35.2 Å². The minimum absolute atomic E-state index is 0.00268. The Morgan fingerprint density at radius 1 is 1.12 bits per heavy atom. The van der Waals surface area contributed by atoms with Crippen LogP contribution in [0.2, 0.25) is 0 Å². The summed E-state index contributed by atoms with van der Waals surface area (Å²) in [4.78, 5) is 37.4. The minimum atomic E-state index is -2.75. The van der Waals surface area contributed by atoms with Gasteiger partial charge in [-0.3, -0.25) is 9.59 Å². The molecule has 15 heteroatoms. The molecule has 1 N–H and O–H groups in total.